The highest BCUT2D eigenvalue weighted by atomic mass is 35.5. The number of nitrogens with zero attached hydrogens (tertiary/aromatic N) is 3. The monoisotopic (exact) mass is 281 g/mol. The molecule has 0 spiro atoms. The standard InChI is InChI=1S/C10H11ClF3N3O/c11-8-5-7(10(12,13)14)6-15-9(8)16-1-3-17(18)4-2-16/h5-6,18H,1-4H2. The van der Waals surface area contributed by atoms with Gasteiger partial charge in [-0.2, -0.15) is 18.2 Å². The van der Waals surface area contributed by atoms with E-state index in [4.69, 9.17) is 11.6 Å². The van der Waals surface area contributed by atoms with Gasteiger partial charge in [-0.15, -0.1) is 0 Å². The molecule has 1 aromatic heterocycles. The molecular formula is C10H11ClF3N3O. The van der Waals surface area contributed by atoms with E-state index in [9.17, 15) is 18.4 Å². The maximum absolute atomic E-state index is 12.4. The van der Waals surface area contributed by atoms with Crippen molar-refractivity contribution in [2.75, 3.05) is 31.1 Å². The Hall–Kier alpha value is -1.05. The van der Waals surface area contributed by atoms with Crippen LogP contribution in [0.15, 0.2) is 12.3 Å². The minimum Gasteiger partial charge on any atom is -0.353 e. The molecule has 1 fully saturated rings. The first-order chi connectivity index (χ1) is 8.38. The average Bonchev–Trinajstić information content (AvgIpc) is 2.29. The smallest absolute Gasteiger partial charge is 0.353 e. The minimum absolute atomic E-state index is 0.0313. The van der Waals surface area contributed by atoms with Crippen LogP contribution in [0.2, 0.25) is 5.02 Å². The maximum Gasteiger partial charge on any atom is 0.417 e. The third kappa shape index (κ3) is 2.85. The Kier molecular flexibility index (Phi) is 3.65. The Labute approximate surface area is 107 Å². The normalized spacial score (nSPS) is 18.2. The van der Waals surface area contributed by atoms with Gasteiger partial charge in [-0.3, -0.25) is 0 Å². The van der Waals surface area contributed by atoms with Crippen molar-refractivity contribution >= 4 is 17.4 Å². The zero-order chi connectivity index (χ0) is 13.3. The SMILES string of the molecule is ON1CCN(c2ncc(C(F)(F)F)cc2Cl)CC1. The first-order valence-corrected chi connectivity index (χ1v) is 5.67. The van der Waals surface area contributed by atoms with Crippen LogP contribution in [0.4, 0.5) is 19.0 Å². The van der Waals surface area contributed by atoms with E-state index in [2.05, 4.69) is 4.98 Å². The van der Waals surface area contributed by atoms with Crippen molar-refractivity contribution in [1.29, 1.82) is 0 Å². The van der Waals surface area contributed by atoms with Crippen LogP contribution in [-0.4, -0.2) is 41.4 Å². The minimum atomic E-state index is -4.45. The molecule has 1 N–H and O–H groups in total. The van der Waals surface area contributed by atoms with E-state index in [1.165, 1.54) is 0 Å². The second kappa shape index (κ2) is 4.91. The lowest BCUT2D eigenvalue weighted by atomic mass is 10.2. The van der Waals surface area contributed by atoms with Crippen molar-refractivity contribution in [1.82, 2.24) is 10.0 Å². The molecule has 2 rings (SSSR count). The molecule has 18 heavy (non-hydrogen) atoms. The number of hydroxylamine groups is 2. The number of halogens is 4. The van der Waals surface area contributed by atoms with Crippen LogP contribution in [0.3, 0.4) is 0 Å². The summed E-state index contributed by atoms with van der Waals surface area (Å²) in [4.78, 5) is 5.51. The number of rotatable bonds is 1. The summed E-state index contributed by atoms with van der Waals surface area (Å²) in [5.41, 5.74) is -0.864. The van der Waals surface area contributed by atoms with Gasteiger partial charge in [0.15, 0.2) is 0 Å². The zero-order valence-corrected chi connectivity index (χ0v) is 10.0. The van der Waals surface area contributed by atoms with Crippen LogP contribution >= 0.6 is 11.6 Å². The van der Waals surface area contributed by atoms with Crippen LogP contribution in [0.25, 0.3) is 0 Å². The molecule has 0 radical (unpaired) electrons. The molecule has 0 saturated carbocycles. The van der Waals surface area contributed by atoms with E-state index < -0.39 is 11.7 Å². The Morgan fingerprint density at radius 1 is 1.22 bits per heavy atom. The van der Waals surface area contributed by atoms with E-state index >= 15 is 0 Å². The number of hydrogen-bond donors (Lipinski definition) is 1. The third-order valence-corrected chi connectivity index (χ3v) is 2.98. The largest absolute Gasteiger partial charge is 0.417 e. The van der Waals surface area contributed by atoms with Crippen molar-refractivity contribution in [3.05, 3.63) is 22.8 Å². The number of aromatic nitrogens is 1. The fourth-order valence-corrected chi connectivity index (χ4v) is 2.01. The van der Waals surface area contributed by atoms with Crippen molar-refractivity contribution < 1.29 is 18.4 Å². The van der Waals surface area contributed by atoms with Gasteiger partial charge in [0.05, 0.1) is 10.6 Å². The summed E-state index contributed by atoms with van der Waals surface area (Å²) >= 11 is 5.82. The summed E-state index contributed by atoms with van der Waals surface area (Å²) in [6.45, 7) is 1.74. The van der Waals surface area contributed by atoms with Crippen molar-refractivity contribution in [3.8, 4) is 0 Å². The Balaban J connectivity index is 2.20. The molecule has 1 aliphatic rings. The van der Waals surface area contributed by atoms with Gasteiger partial charge in [0.1, 0.15) is 5.82 Å². The molecule has 0 amide bonds. The summed E-state index contributed by atoms with van der Waals surface area (Å²) in [5.74, 6) is 0.317. The number of hydrogen-bond acceptors (Lipinski definition) is 4. The predicted octanol–water partition coefficient (Wildman–Crippen LogP) is 2.26. The van der Waals surface area contributed by atoms with Crippen molar-refractivity contribution in [3.63, 3.8) is 0 Å². The molecule has 0 atom stereocenters. The molecule has 0 aliphatic carbocycles. The van der Waals surface area contributed by atoms with Gasteiger partial charge in [-0.05, 0) is 6.07 Å². The highest BCUT2D eigenvalue weighted by Crippen LogP contribution is 2.33. The van der Waals surface area contributed by atoms with Gasteiger partial charge in [0.25, 0.3) is 0 Å². The molecule has 1 saturated heterocycles. The molecule has 1 aliphatic heterocycles. The summed E-state index contributed by atoms with van der Waals surface area (Å²) in [6.07, 6.45) is -3.68. The quantitative estimate of drug-likeness (QED) is 0.857. The number of piperazine rings is 1. The van der Waals surface area contributed by atoms with Gasteiger partial charge in [0, 0.05) is 32.4 Å². The summed E-state index contributed by atoms with van der Waals surface area (Å²) in [7, 11) is 0. The molecule has 1 aromatic rings. The van der Waals surface area contributed by atoms with Gasteiger partial charge < -0.3 is 10.1 Å². The topological polar surface area (TPSA) is 39.6 Å². The van der Waals surface area contributed by atoms with Gasteiger partial charge in [-0.25, -0.2) is 4.98 Å². The number of anilines is 1. The van der Waals surface area contributed by atoms with E-state index in [0.29, 0.717) is 32.0 Å². The van der Waals surface area contributed by atoms with Crippen LogP contribution in [0.1, 0.15) is 5.56 Å². The lowest BCUT2D eigenvalue weighted by Gasteiger charge is -2.32. The first-order valence-electron chi connectivity index (χ1n) is 5.29. The van der Waals surface area contributed by atoms with E-state index in [0.717, 1.165) is 17.3 Å². The molecule has 8 heteroatoms. The lowest BCUT2D eigenvalue weighted by Crippen LogP contribution is -2.45. The maximum atomic E-state index is 12.4. The highest BCUT2D eigenvalue weighted by molar-refractivity contribution is 6.33. The van der Waals surface area contributed by atoms with Crippen molar-refractivity contribution in [2.45, 2.75) is 6.18 Å². The second-order valence-electron chi connectivity index (χ2n) is 3.97. The average molecular weight is 282 g/mol. The molecule has 0 bridgehead atoms. The number of pyridine rings is 1. The van der Waals surface area contributed by atoms with Crippen LogP contribution < -0.4 is 4.90 Å². The van der Waals surface area contributed by atoms with E-state index in [-0.39, 0.29) is 5.02 Å². The zero-order valence-electron chi connectivity index (χ0n) is 9.28. The fourth-order valence-electron chi connectivity index (χ4n) is 1.73. The summed E-state index contributed by atoms with van der Waals surface area (Å²) in [5, 5.41) is 10.3. The van der Waals surface area contributed by atoms with Crippen LogP contribution in [0, 0.1) is 0 Å². The van der Waals surface area contributed by atoms with Gasteiger partial charge in [-0.1, -0.05) is 11.6 Å². The molecular weight excluding hydrogens is 271 g/mol. The van der Waals surface area contributed by atoms with Crippen molar-refractivity contribution in [2.24, 2.45) is 0 Å². The highest BCUT2D eigenvalue weighted by Gasteiger charge is 2.32. The molecule has 0 aromatic carbocycles. The Bertz CT molecular complexity index is 433. The second-order valence-corrected chi connectivity index (χ2v) is 4.38. The molecule has 4 nitrogen and oxygen atoms in total. The summed E-state index contributed by atoms with van der Waals surface area (Å²) in [6, 6.07) is 0.870. The Morgan fingerprint density at radius 2 is 1.83 bits per heavy atom. The first kappa shape index (κ1) is 13.4. The molecule has 2 heterocycles. The van der Waals surface area contributed by atoms with Crippen LogP contribution in [0.5, 0.6) is 0 Å². The lowest BCUT2D eigenvalue weighted by molar-refractivity contribution is -0.137. The van der Waals surface area contributed by atoms with Gasteiger partial charge >= 0.3 is 6.18 Å². The Morgan fingerprint density at radius 3 is 2.33 bits per heavy atom. The van der Waals surface area contributed by atoms with E-state index in [1.54, 1.807) is 4.90 Å². The molecule has 0 unspecified atom stereocenters. The van der Waals surface area contributed by atoms with E-state index in [1.807, 2.05) is 0 Å². The predicted molar refractivity (Wildman–Crippen MR) is 59.8 cm³/mol. The molecule has 100 valence electrons. The fraction of sp³-hybridized carbons (Fsp3) is 0.500. The van der Waals surface area contributed by atoms with Crippen LogP contribution in [-0.2, 0) is 6.18 Å². The van der Waals surface area contributed by atoms with Gasteiger partial charge in [0.2, 0.25) is 0 Å². The third-order valence-electron chi connectivity index (χ3n) is 2.70. The summed E-state index contributed by atoms with van der Waals surface area (Å²) < 4.78 is 37.3. The number of alkyl halides is 3.